The van der Waals surface area contributed by atoms with Crippen molar-refractivity contribution < 1.29 is 9.13 Å². The number of halogens is 2. The Hall–Kier alpha value is -2.69. The Morgan fingerprint density at radius 3 is 2.57 bits per heavy atom. The van der Waals surface area contributed by atoms with Gasteiger partial charge in [0.15, 0.2) is 5.96 Å². The summed E-state index contributed by atoms with van der Waals surface area (Å²) >= 11 is 0. The summed E-state index contributed by atoms with van der Waals surface area (Å²) in [7, 11) is 1.85. The minimum absolute atomic E-state index is 0. The van der Waals surface area contributed by atoms with Gasteiger partial charge in [0, 0.05) is 13.6 Å². The van der Waals surface area contributed by atoms with Crippen molar-refractivity contribution in [2.75, 3.05) is 6.54 Å². The molecule has 7 nitrogen and oxygen atoms in total. The molecule has 0 atom stereocenters. The molecule has 1 aromatic heterocycles. The molecule has 0 bridgehead atoms. The van der Waals surface area contributed by atoms with Crippen LogP contribution in [0.4, 0.5) is 4.39 Å². The molecule has 0 aliphatic rings. The predicted octanol–water partition coefficient (Wildman–Crippen LogP) is 3.93. The molecule has 2 N–H and O–H groups in total. The van der Waals surface area contributed by atoms with Crippen molar-refractivity contribution in [3.05, 3.63) is 71.6 Å². The van der Waals surface area contributed by atoms with Gasteiger partial charge in [0.25, 0.3) is 0 Å². The molecule has 1 heterocycles. The molecule has 160 valence electrons. The summed E-state index contributed by atoms with van der Waals surface area (Å²) in [5, 5.41) is 10.5. The van der Waals surface area contributed by atoms with E-state index in [4.69, 9.17) is 4.74 Å². The zero-order chi connectivity index (χ0) is 20.6. The van der Waals surface area contributed by atoms with Gasteiger partial charge in [-0.25, -0.2) is 14.4 Å². The molecule has 0 unspecified atom stereocenters. The van der Waals surface area contributed by atoms with Gasteiger partial charge in [0.05, 0.1) is 13.1 Å². The van der Waals surface area contributed by atoms with E-state index in [1.807, 2.05) is 39.1 Å². The first-order chi connectivity index (χ1) is 14.0. The van der Waals surface area contributed by atoms with E-state index < -0.39 is 0 Å². The number of benzene rings is 2. The van der Waals surface area contributed by atoms with Crippen molar-refractivity contribution in [3.8, 4) is 11.5 Å². The Kier molecular flexibility index (Phi) is 9.03. The van der Waals surface area contributed by atoms with Crippen LogP contribution in [0, 0.1) is 12.7 Å². The Morgan fingerprint density at radius 2 is 1.93 bits per heavy atom. The third-order valence-electron chi connectivity index (χ3n) is 4.26. The van der Waals surface area contributed by atoms with Crippen molar-refractivity contribution in [1.29, 1.82) is 0 Å². The topological polar surface area (TPSA) is 76.4 Å². The van der Waals surface area contributed by atoms with Gasteiger partial charge in [0.2, 0.25) is 0 Å². The summed E-state index contributed by atoms with van der Waals surface area (Å²) < 4.78 is 20.6. The lowest BCUT2D eigenvalue weighted by Crippen LogP contribution is -2.37. The molecule has 0 fully saturated rings. The summed E-state index contributed by atoms with van der Waals surface area (Å²) in [6, 6.07) is 11.9. The lowest BCUT2D eigenvalue weighted by atomic mass is 10.1. The van der Waals surface area contributed by atoms with Crippen molar-refractivity contribution >= 4 is 29.9 Å². The van der Waals surface area contributed by atoms with E-state index in [1.165, 1.54) is 18.5 Å². The maximum absolute atomic E-state index is 13.0. The normalized spacial score (nSPS) is 11.0. The molecule has 0 aliphatic heterocycles. The van der Waals surface area contributed by atoms with Crippen molar-refractivity contribution in [3.63, 3.8) is 0 Å². The van der Waals surface area contributed by atoms with Crippen LogP contribution in [-0.4, -0.2) is 27.3 Å². The number of nitrogens with one attached hydrogen (secondary N) is 2. The van der Waals surface area contributed by atoms with Gasteiger partial charge in [0.1, 0.15) is 29.5 Å². The van der Waals surface area contributed by atoms with E-state index in [0.717, 1.165) is 29.2 Å². The van der Waals surface area contributed by atoms with Crippen LogP contribution in [0.3, 0.4) is 0 Å². The van der Waals surface area contributed by atoms with Crippen molar-refractivity contribution in [1.82, 2.24) is 25.4 Å². The molecule has 2 aromatic carbocycles. The Balaban J connectivity index is 0.00000320. The standard InChI is InChI=1S/C21H25FN6O.HI/c1-4-23-21(25-13-20-26-14-27-28(20)3)24-12-16-5-10-19(15(2)11-16)29-18-8-6-17(22)7-9-18;/h5-11,14H,4,12-13H2,1-3H3,(H2,23,24,25);1H. The fraction of sp³-hybridized carbons (Fsp3) is 0.286. The highest BCUT2D eigenvalue weighted by Crippen LogP contribution is 2.26. The number of aromatic nitrogens is 3. The highest BCUT2D eigenvalue weighted by Gasteiger charge is 2.05. The minimum atomic E-state index is -0.286. The molecular weight excluding hydrogens is 498 g/mol. The average Bonchev–Trinajstić information content (AvgIpc) is 3.12. The summed E-state index contributed by atoms with van der Waals surface area (Å²) in [6.45, 7) is 5.81. The highest BCUT2D eigenvalue weighted by molar-refractivity contribution is 14.0. The Bertz CT molecular complexity index is 974. The number of guanidine groups is 1. The second-order valence-corrected chi connectivity index (χ2v) is 6.50. The van der Waals surface area contributed by atoms with Crippen LogP contribution in [0.5, 0.6) is 11.5 Å². The number of rotatable bonds is 7. The van der Waals surface area contributed by atoms with Crippen molar-refractivity contribution in [2.24, 2.45) is 12.0 Å². The fourth-order valence-corrected chi connectivity index (χ4v) is 2.71. The van der Waals surface area contributed by atoms with E-state index in [9.17, 15) is 4.39 Å². The summed E-state index contributed by atoms with van der Waals surface area (Å²) in [4.78, 5) is 8.83. The maximum Gasteiger partial charge on any atom is 0.191 e. The van der Waals surface area contributed by atoms with Crippen LogP contribution in [0.25, 0.3) is 0 Å². The van der Waals surface area contributed by atoms with Gasteiger partial charge in [-0.1, -0.05) is 12.1 Å². The Labute approximate surface area is 192 Å². The van der Waals surface area contributed by atoms with Crippen LogP contribution < -0.4 is 15.4 Å². The van der Waals surface area contributed by atoms with Gasteiger partial charge >= 0.3 is 0 Å². The summed E-state index contributed by atoms with van der Waals surface area (Å²) in [5.74, 6) is 2.58. The zero-order valence-electron chi connectivity index (χ0n) is 17.2. The average molecular weight is 524 g/mol. The smallest absolute Gasteiger partial charge is 0.191 e. The molecule has 0 amide bonds. The SMILES string of the molecule is CCNC(=NCc1ccc(Oc2ccc(F)cc2)c(C)c1)NCc1ncnn1C.I. The third-order valence-corrected chi connectivity index (χ3v) is 4.26. The molecule has 0 spiro atoms. The number of aliphatic imine (C=N–C) groups is 1. The van der Waals surface area contributed by atoms with Crippen LogP contribution in [0.2, 0.25) is 0 Å². The maximum atomic E-state index is 13.0. The van der Waals surface area contributed by atoms with Gasteiger partial charge < -0.3 is 15.4 Å². The number of ether oxygens (including phenoxy) is 1. The number of hydrogen-bond donors (Lipinski definition) is 2. The lowest BCUT2D eigenvalue weighted by molar-refractivity contribution is 0.476. The van der Waals surface area contributed by atoms with Gasteiger partial charge in [-0.05, 0) is 55.3 Å². The van der Waals surface area contributed by atoms with Crippen LogP contribution >= 0.6 is 24.0 Å². The molecular formula is C21H26FIN6O. The third kappa shape index (κ3) is 6.68. The molecule has 0 radical (unpaired) electrons. The number of nitrogens with zero attached hydrogens (tertiary/aromatic N) is 4. The fourth-order valence-electron chi connectivity index (χ4n) is 2.71. The minimum Gasteiger partial charge on any atom is -0.457 e. The first-order valence-corrected chi connectivity index (χ1v) is 9.43. The molecule has 0 aliphatic carbocycles. The number of hydrogen-bond acceptors (Lipinski definition) is 4. The quantitative estimate of drug-likeness (QED) is 0.279. The van der Waals surface area contributed by atoms with Crippen LogP contribution in [0.15, 0.2) is 53.8 Å². The van der Waals surface area contributed by atoms with E-state index in [0.29, 0.717) is 24.8 Å². The zero-order valence-corrected chi connectivity index (χ0v) is 19.6. The highest BCUT2D eigenvalue weighted by atomic mass is 127. The molecule has 9 heteroatoms. The summed E-state index contributed by atoms with van der Waals surface area (Å²) in [6.07, 6.45) is 1.53. The second kappa shape index (κ2) is 11.5. The van der Waals surface area contributed by atoms with Gasteiger partial charge in [-0.15, -0.1) is 24.0 Å². The monoisotopic (exact) mass is 524 g/mol. The molecule has 0 saturated carbocycles. The van der Waals surface area contributed by atoms with E-state index in [-0.39, 0.29) is 29.8 Å². The Morgan fingerprint density at radius 1 is 1.17 bits per heavy atom. The van der Waals surface area contributed by atoms with Gasteiger partial charge in [-0.2, -0.15) is 5.10 Å². The molecule has 3 aromatic rings. The van der Waals surface area contributed by atoms with Gasteiger partial charge in [-0.3, -0.25) is 4.68 Å². The van der Waals surface area contributed by atoms with Crippen molar-refractivity contribution in [2.45, 2.75) is 26.9 Å². The first-order valence-electron chi connectivity index (χ1n) is 9.43. The van der Waals surface area contributed by atoms with Crippen LogP contribution in [0.1, 0.15) is 23.9 Å². The second-order valence-electron chi connectivity index (χ2n) is 6.50. The molecule has 0 saturated heterocycles. The predicted molar refractivity (Wildman–Crippen MR) is 126 cm³/mol. The lowest BCUT2D eigenvalue weighted by Gasteiger charge is -2.12. The van der Waals surface area contributed by atoms with Crippen LogP contribution in [-0.2, 0) is 20.1 Å². The first kappa shape index (κ1) is 23.6. The van der Waals surface area contributed by atoms with E-state index >= 15 is 0 Å². The largest absolute Gasteiger partial charge is 0.457 e. The number of aryl methyl sites for hydroxylation is 2. The van der Waals surface area contributed by atoms with E-state index in [2.05, 4.69) is 25.7 Å². The molecule has 30 heavy (non-hydrogen) atoms. The molecule has 3 rings (SSSR count). The summed E-state index contributed by atoms with van der Waals surface area (Å²) in [5.41, 5.74) is 2.05. The van der Waals surface area contributed by atoms with E-state index in [1.54, 1.807) is 16.8 Å².